The molecule has 3 heterocycles. The molecule has 0 bridgehead atoms. The van der Waals surface area contributed by atoms with Gasteiger partial charge in [0, 0.05) is 12.4 Å². The third-order valence-electron chi connectivity index (χ3n) is 2.27. The second-order valence-corrected chi connectivity index (χ2v) is 3.57. The van der Waals surface area contributed by atoms with Gasteiger partial charge < -0.3 is 4.42 Å². The molecule has 0 aromatic carbocycles. The molecule has 0 aliphatic rings. The summed E-state index contributed by atoms with van der Waals surface area (Å²) >= 11 is 0. The summed E-state index contributed by atoms with van der Waals surface area (Å²) in [6.07, 6.45) is 3.47. The smallest absolute Gasteiger partial charge is 0.248 e. The molecule has 0 fully saturated rings. The van der Waals surface area contributed by atoms with E-state index in [-0.39, 0.29) is 0 Å². The lowest BCUT2D eigenvalue weighted by molar-refractivity contribution is 0.605. The van der Waals surface area contributed by atoms with Crippen molar-refractivity contribution in [3.8, 4) is 11.6 Å². The maximum absolute atomic E-state index is 5.52. The highest BCUT2D eigenvalue weighted by molar-refractivity contribution is 5.72. The Hall–Kier alpha value is -2.23. The molecule has 0 aliphatic heterocycles. The van der Waals surface area contributed by atoms with E-state index in [2.05, 4.69) is 15.0 Å². The van der Waals surface area contributed by atoms with Crippen molar-refractivity contribution in [2.45, 2.75) is 6.92 Å². The molecule has 0 spiro atoms. The number of hydrogen-bond acceptors (Lipinski definition) is 4. The van der Waals surface area contributed by atoms with E-state index in [0.717, 1.165) is 16.8 Å². The average Bonchev–Trinajstić information content (AvgIpc) is 2.73. The quantitative estimate of drug-likeness (QED) is 0.620. The molecule has 0 amide bonds. The van der Waals surface area contributed by atoms with Gasteiger partial charge in [0.25, 0.3) is 0 Å². The van der Waals surface area contributed by atoms with E-state index in [0.29, 0.717) is 11.6 Å². The van der Waals surface area contributed by atoms with Crippen molar-refractivity contribution in [2.75, 3.05) is 0 Å². The van der Waals surface area contributed by atoms with Gasteiger partial charge in [0.2, 0.25) is 11.6 Å². The lowest BCUT2D eigenvalue weighted by Crippen LogP contribution is -1.80. The third kappa shape index (κ3) is 1.44. The highest BCUT2D eigenvalue weighted by Crippen LogP contribution is 2.21. The maximum Gasteiger partial charge on any atom is 0.248 e. The van der Waals surface area contributed by atoms with Gasteiger partial charge in [-0.2, -0.15) is 0 Å². The fourth-order valence-corrected chi connectivity index (χ4v) is 1.52. The minimum atomic E-state index is 0.508. The molecule has 16 heavy (non-hydrogen) atoms. The Morgan fingerprint density at radius 1 is 1.19 bits per heavy atom. The molecule has 3 rings (SSSR count). The highest BCUT2D eigenvalue weighted by Gasteiger charge is 2.09. The van der Waals surface area contributed by atoms with Crippen LogP contribution in [0.4, 0.5) is 0 Å². The van der Waals surface area contributed by atoms with Crippen LogP contribution in [-0.4, -0.2) is 15.0 Å². The van der Waals surface area contributed by atoms with Crippen molar-refractivity contribution < 1.29 is 4.42 Å². The molecule has 0 N–H and O–H groups in total. The standard InChI is InChI=1S/C12H9N3O/c1-8-6-10-11(14-7-8)16-12(15-10)9-4-2-3-5-13-9/h2-7H,1H3. The van der Waals surface area contributed by atoms with Crippen LogP contribution in [0.1, 0.15) is 5.56 Å². The molecular formula is C12H9N3O. The van der Waals surface area contributed by atoms with Crippen molar-refractivity contribution in [3.05, 3.63) is 42.2 Å². The van der Waals surface area contributed by atoms with Crippen LogP contribution in [0, 0.1) is 6.92 Å². The fourth-order valence-electron chi connectivity index (χ4n) is 1.52. The van der Waals surface area contributed by atoms with E-state index >= 15 is 0 Å². The van der Waals surface area contributed by atoms with Gasteiger partial charge in [0.15, 0.2) is 0 Å². The van der Waals surface area contributed by atoms with E-state index in [1.54, 1.807) is 12.4 Å². The molecule has 0 atom stereocenters. The first-order valence-electron chi connectivity index (χ1n) is 4.97. The molecule has 78 valence electrons. The summed E-state index contributed by atoms with van der Waals surface area (Å²) in [7, 11) is 0. The van der Waals surface area contributed by atoms with Crippen LogP contribution >= 0.6 is 0 Å². The van der Waals surface area contributed by atoms with Gasteiger partial charge in [-0.1, -0.05) is 6.07 Å². The van der Waals surface area contributed by atoms with E-state index in [1.807, 2.05) is 31.2 Å². The van der Waals surface area contributed by atoms with Gasteiger partial charge in [-0.15, -0.1) is 0 Å². The zero-order chi connectivity index (χ0) is 11.0. The predicted octanol–water partition coefficient (Wildman–Crippen LogP) is 2.59. The molecule has 4 heteroatoms. The van der Waals surface area contributed by atoms with Gasteiger partial charge in [-0.3, -0.25) is 4.98 Å². The Morgan fingerprint density at radius 3 is 2.94 bits per heavy atom. The Labute approximate surface area is 92.0 Å². The second-order valence-electron chi connectivity index (χ2n) is 3.57. The summed E-state index contributed by atoms with van der Waals surface area (Å²) in [4.78, 5) is 12.7. The van der Waals surface area contributed by atoms with E-state index < -0.39 is 0 Å². The van der Waals surface area contributed by atoms with Crippen molar-refractivity contribution in [2.24, 2.45) is 0 Å². The first-order chi connectivity index (χ1) is 7.83. The van der Waals surface area contributed by atoms with Gasteiger partial charge >= 0.3 is 0 Å². The van der Waals surface area contributed by atoms with Crippen LogP contribution in [-0.2, 0) is 0 Å². The van der Waals surface area contributed by atoms with Crippen LogP contribution in [0.5, 0.6) is 0 Å². The lowest BCUT2D eigenvalue weighted by Gasteiger charge is -1.90. The molecular weight excluding hydrogens is 202 g/mol. The minimum Gasteiger partial charge on any atom is -0.416 e. The second kappa shape index (κ2) is 3.41. The Bertz CT molecular complexity index is 631. The Kier molecular flexibility index (Phi) is 1.93. The van der Waals surface area contributed by atoms with E-state index in [1.165, 1.54) is 0 Å². The van der Waals surface area contributed by atoms with Crippen molar-refractivity contribution in [1.82, 2.24) is 15.0 Å². The van der Waals surface area contributed by atoms with Gasteiger partial charge in [-0.25, -0.2) is 9.97 Å². The Balaban J connectivity index is 2.19. The molecule has 0 unspecified atom stereocenters. The number of rotatable bonds is 1. The molecule has 0 saturated carbocycles. The predicted molar refractivity (Wildman–Crippen MR) is 59.8 cm³/mol. The number of nitrogens with zero attached hydrogens (tertiary/aromatic N) is 3. The van der Waals surface area contributed by atoms with Gasteiger partial charge in [0.1, 0.15) is 11.2 Å². The van der Waals surface area contributed by atoms with E-state index in [9.17, 15) is 0 Å². The summed E-state index contributed by atoms with van der Waals surface area (Å²) in [5, 5.41) is 0. The number of hydrogen-bond donors (Lipinski definition) is 0. The number of aromatic nitrogens is 3. The summed E-state index contributed by atoms with van der Waals surface area (Å²) < 4.78 is 5.52. The molecule has 0 radical (unpaired) electrons. The normalized spacial score (nSPS) is 10.8. The van der Waals surface area contributed by atoms with E-state index in [4.69, 9.17) is 4.42 Å². The first-order valence-corrected chi connectivity index (χ1v) is 4.97. The maximum atomic E-state index is 5.52. The number of fused-ring (bicyclic) bond motifs is 1. The Morgan fingerprint density at radius 2 is 2.12 bits per heavy atom. The monoisotopic (exact) mass is 211 g/mol. The molecule has 3 aromatic rings. The summed E-state index contributed by atoms with van der Waals surface area (Å²) in [6, 6.07) is 7.56. The SMILES string of the molecule is Cc1cnc2oc(-c3ccccn3)nc2c1. The number of aryl methyl sites for hydroxylation is 1. The highest BCUT2D eigenvalue weighted by atomic mass is 16.4. The fraction of sp³-hybridized carbons (Fsp3) is 0.0833. The number of oxazole rings is 1. The van der Waals surface area contributed by atoms with Crippen LogP contribution in [0.3, 0.4) is 0 Å². The van der Waals surface area contributed by atoms with Crippen LogP contribution < -0.4 is 0 Å². The zero-order valence-electron chi connectivity index (χ0n) is 8.71. The minimum absolute atomic E-state index is 0.508. The zero-order valence-corrected chi connectivity index (χ0v) is 8.71. The van der Waals surface area contributed by atoms with Crippen molar-refractivity contribution >= 4 is 11.2 Å². The van der Waals surface area contributed by atoms with Crippen LogP contribution in [0.15, 0.2) is 41.1 Å². The van der Waals surface area contributed by atoms with Gasteiger partial charge in [0.05, 0.1) is 0 Å². The van der Waals surface area contributed by atoms with Crippen molar-refractivity contribution in [3.63, 3.8) is 0 Å². The average molecular weight is 211 g/mol. The molecule has 4 nitrogen and oxygen atoms in total. The van der Waals surface area contributed by atoms with Crippen molar-refractivity contribution in [1.29, 1.82) is 0 Å². The molecule has 0 aliphatic carbocycles. The first kappa shape index (κ1) is 9.03. The van der Waals surface area contributed by atoms with Crippen LogP contribution in [0.25, 0.3) is 22.8 Å². The third-order valence-corrected chi connectivity index (χ3v) is 2.27. The summed E-state index contributed by atoms with van der Waals surface area (Å²) in [6.45, 7) is 1.97. The lowest BCUT2D eigenvalue weighted by atomic mass is 10.3. The summed E-state index contributed by atoms with van der Waals surface area (Å²) in [5.41, 5.74) is 3.10. The topological polar surface area (TPSA) is 51.8 Å². The van der Waals surface area contributed by atoms with Crippen LogP contribution in [0.2, 0.25) is 0 Å². The van der Waals surface area contributed by atoms with Gasteiger partial charge in [-0.05, 0) is 30.7 Å². The molecule has 3 aromatic heterocycles. The summed E-state index contributed by atoms with van der Waals surface area (Å²) in [5.74, 6) is 0.508. The number of pyridine rings is 2. The largest absolute Gasteiger partial charge is 0.416 e. The molecule has 0 saturated heterocycles.